The first-order chi connectivity index (χ1) is 13.3. The standard InChI is InChI=1S/C17H19N9O/c18-26-25-17-21-10-7-15(22-17)19-8-4-9-20-16(27)14-11-13(23-24-14)12-5-2-1-3-6-12/h1-3,5-7,10-11H,4,8-9H2,(H,20,27)(H,23,24)(H3,18,19,21,22,25). The van der Waals surface area contributed by atoms with E-state index >= 15 is 0 Å². The van der Waals surface area contributed by atoms with Crippen LogP contribution in [0.15, 0.2) is 59.0 Å². The summed E-state index contributed by atoms with van der Waals surface area (Å²) in [4.78, 5) is 20.2. The van der Waals surface area contributed by atoms with Gasteiger partial charge in [-0.05, 0) is 18.6 Å². The molecule has 0 radical (unpaired) electrons. The molecule has 5 N–H and O–H groups in total. The molecule has 2 heterocycles. The zero-order valence-corrected chi connectivity index (χ0v) is 14.5. The molecule has 3 rings (SSSR count). The highest BCUT2D eigenvalue weighted by Gasteiger charge is 2.10. The van der Waals surface area contributed by atoms with Crippen molar-refractivity contribution in [3.8, 4) is 11.3 Å². The Morgan fingerprint density at radius 2 is 2.04 bits per heavy atom. The van der Waals surface area contributed by atoms with Crippen LogP contribution in [0.1, 0.15) is 16.9 Å². The average molecular weight is 365 g/mol. The molecule has 10 nitrogen and oxygen atoms in total. The van der Waals surface area contributed by atoms with Crippen molar-refractivity contribution in [3.63, 3.8) is 0 Å². The Morgan fingerprint density at radius 3 is 2.85 bits per heavy atom. The molecule has 0 saturated heterocycles. The first-order valence-corrected chi connectivity index (χ1v) is 8.33. The van der Waals surface area contributed by atoms with E-state index in [4.69, 9.17) is 5.84 Å². The third-order valence-corrected chi connectivity index (χ3v) is 3.63. The number of carbonyl (C=O) groups excluding carboxylic acids is 1. The van der Waals surface area contributed by atoms with Crippen molar-refractivity contribution in [1.29, 1.82) is 0 Å². The first kappa shape index (κ1) is 18.0. The van der Waals surface area contributed by atoms with E-state index < -0.39 is 0 Å². The van der Waals surface area contributed by atoms with Gasteiger partial charge in [0.05, 0.1) is 5.69 Å². The SMILES string of the molecule is NN=Nc1nccc(NCCCNC(=O)c2cc(-c3ccccc3)n[nH]2)n1. The molecule has 3 aromatic rings. The Balaban J connectivity index is 1.42. The number of hydrogen-bond acceptors (Lipinski definition) is 7. The van der Waals surface area contributed by atoms with Gasteiger partial charge >= 0.3 is 0 Å². The van der Waals surface area contributed by atoms with Gasteiger partial charge in [0.25, 0.3) is 11.9 Å². The zero-order chi connectivity index (χ0) is 18.9. The van der Waals surface area contributed by atoms with Crippen molar-refractivity contribution in [2.75, 3.05) is 18.4 Å². The highest BCUT2D eigenvalue weighted by molar-refractivity contribution is 5.93. The highest BCUT2D eigenvalue weighted by Crippen LogP contribution is 2.16. The fraction of sp³-hybridized carbons (Fsp3) is 0.176. The summed E-state index contributed by atoms with van der Waals surface area (Å²) in [6.45, 7) is 1.13. The summed E-state index contributed by atoms with van der Waals surface area (Å²) in [6, 6.07) is 13.1. The Bertz CT molecular complexity index is 908. The number of nitrogens with two attached hydrogens (primary N) is 1. The van der Waals surface area contributed by atoms with Gasteiger partial charge in [0.15, 0.2) is 0 Å². The number of nitrogens with zero attached hydrogens (tertiary/aromatic N) is 5. The van der Waals surface area contributed by atoms with Crippen LogP contribution >= 0.6 is 0 Å². The number of rotatable bonds is 8. The number of carbonyl (C=O) groups is 1. The Morgan fingerprint density at radius 1 is 1.19 bits per heavy atom. The number of hydrogen-bond donors (Lipinski definition) is 4. The molecule has 0 aliphatic carbocycles. The first-order valence-electron chi connectivity index (χ1n) is 8.33. The second-order valence-corrected chi connectivity index (χ2v) is 5.53. The second-order valence-electron chi connectivity index (χ2n) is 5.53. The normalized spacial score (nSPS) is 10.8. The number of H-pyrrole nitrogens is 1. The van der Waals surface area contributed by atoms with Crippen LogP contribution in [0.3, 0.4) is 0 Å². The van der Waals surface area contributed by atoms with E-state index in [1.165, 1.54) is 0 Å². The third-order valence-electron chi connectivity index (χ3n) is 3.63. The molecule has 1 amide bonds. The lowest BCUT2D eigenvalue weighted by Crippen LogP contribution is -2.26. The largest absolute Gasteiger partial charge is 0.370 e. The predicted molar refractivity (Wildman–Crippen MR) is 100 cm³/mol. The van der Waals surface area contributed by atoms with Crippen molar-refractivity contribution >= 4 is 17.7 Å². The molecule has 0 spiro atoms. The number of anilines is 1. The third kappa shape index (κ3) is 5.08. The number of aromatic nitrogens is 4. The lowest BCUT2D eigenvalue weighted by atomic mass is 10.1. The molecule has 10 heteroatoms. The molecule has 0 atom stereocenters. The van der Waals surface area contributed by atoms with Crippen molar-refractivity contribution < 1.29 is 4.79 Å². The molecule has 2 aromatic heterocycles. The minimum atomic E-state index is -0.197. The maximum atomic E-state index is 12.2. The van der Waals surface area contributed by atoms with Crippen LogP contribution in [0, 0.1) is 0 Å². The predicted octanol–water partition coefficient (Wildman–Crippen LogP) is 2.06. The summed E-state index contributed by atoms with van der Waals surface area (Å²) >= 11 is 0. The minimum absolute atomic E-state index is 0.185. The molecule has 0 saturated carbocycles. The van der Waals surface area contributed by atoms with Gasteiger partial charge in [-0.2, -0.15) is 10.1 Å². The van der Waals surface area contributed by atoms with Gasteiger partial charge in [-0.1, -0.05) is 40.7 Å². The molecule has 0 fully saturated rings. The summed E-state index contributed by atoms with van der Waals surface area (Å²) in [5.41, 5.74) is 2.11. The second kappa shape index (κ2) is 9.04. The fourth-order valence-electron chi connectivity index (χ4n) is 2.34. The maximum Gasteiger partial charge on any atom is 0.272 e. The molecule has 0 aliphatic heterocycles. The smallest absolute Gasteiger partial charge is 0.272 e. The van der Waals surface area contributed by atoms with Gasteiger partial charge in [0.1, 0.15) is 11.5 Å². The summed E-state index contributed by atoms with van der Waals surface area (Å²) in [6.07, 6.45) is 2.27. The van der Waals surface area contributed by atoms with Crippen LogP contribution in [0.5, 0.6) is 0 Å². The van der Waals surface area contributed by atoms with E-state index in [0.29, 0.717) is 31.0 Å². The van der Waals surface area contributed by atoms with Crippen LogP contribution in [-0.4, -0.2) is 39.2 Å². The quantitative estimate of drug-likeness (QED) is 0.208. The molecule has 1 aromatic carbocycles. The van der Waals surface area contributed by atoms with Crippen LogP contribution in [-0.2, 0) is 0 Å². The van der Waals surface area contributed by atoms with Gasteiger partial charge in [0.2, 0.25) is 0 Å². The number of nitrogens with one attached hydrogen (secondary N) is 3. The van der Waals surface area contributed by atoms with Crippen LogP contribution in [0.25, 0.3) is 11.3 Å². The fourth-order valence-corrected chi connectivity index (χ4v) is 2.34. The van der Waals surface area contributed by atoms with Crippen molar-refractivity contribution in [2.45, 2.75) is 6.42 Å². The molecule has 0 unspecified atom stereocenters. The Labute approximate surface area is 155 Å². The van der Waals surface area contributed by atoms with Crippen molar-refractivity contribution in [3.05, 3.63) is 54.4 Å². The van der Waals surface area contributed by atoms with Gasteiger partial charge in [-0.3, -0.25) is 9.89 Å². The minimum Gasteiger partial charge on any atom is -0.370 e. The summed E-state index contributed by atoms with van der Waals surface area (Å²) in [5.74, 6) is 5.57. The Hall–Kier alpha value is -3.82. The number of amides is 1. The monoisotopic (exact) mass is 365 g/mol. The maximum absolute atomic E-state index is 12.2. The zero-order valence-electron chi connectivity index (χ0n) is 14.5. The van der Waals surface area contributed by atoms with Gasteiger partial charge < -0.3 is 16.5 Å². The molecular weight excluding hydrogens is 346 g/mol. The molecule has 0 aliphatic rings. The summed E-state index contributed by atoms with van der Waals surface area (Å²) < 4.78 is 0. The Kier molecular flexibility index (Phi) is 6.02. The molecule has 27 heavy (non-hydrogen) atoms. The van der Waals surface area contributed by atoms with Gasteiger partial charge in [0, 0.05) is 24.8 Å². The number of benzene rings is 1. The summed E-state index contributed by atoms with van der Waals surface area (Å²) in [5, 5.41) is 19.6. The summed E-state index contributed by atoms with van der Waals surface area (Å²) in [7, 11) is 0. The van der Waals surface area contributed by atoms with Crippen LogP contribution in [0.4, 0.5) is 11.8 Å². The van der Waals surface area contributed by atoms with Gasteiger partial charge in [-0.25, -0.2) is 4.98 Å². The lowest BCUT2D eigenvalue weighted by molar-refractivity contribution is 0.0948. The molecule has 138 valence electrons. The highest BCUT2D eigenvalue weighted by atomic mass is 16.1. The lowest BCUT2D eigenvalue weighted by Gasteiger charge is -2.06. The van der Waals surface area contributed by atoms with Crippen LogP contribution in [0.2, 0.25) is 0 Å². The molecular formula is C17H19N9O. The molecule has 0 bridgehead atoms. The van der Waals surface area contributed by atoms with E-state index in [1.807, 2.05) is 30.3 Å². The van der Waals surface area contributed by atoms with E-state index in [1.54, 1.807) is 18.3 Å². The van der Waals surface area contributed by atoms with Crippen LogP contribution < -0.4 is 16.5 Å². The van der Waals surface area contributed by atoms with E-state index in [2.05, 4.69) is 41.1 Å². The van der Waals surface area contributed by atoms with E-state index in [-0.39, 0.29) is 11.9 Å². The van der Waals surface area contributed by atoms with Gasteiger partial charge in [-0.15, -0.1) is 0 Å². The van der Waals surface area contributed by atoms with Crippen molar-refractivity contribution in [1.82, 2.24) is 25.5 Å². The van der Waals surface area contributed by atoms with E-state index in [0.717, 1.165) is 11.3 Å². The van der Waals surface area contributed by atoms with E-state index in [9.17, 15) is 4.79 Å². The number of aromatic amines is 1. The van der Waals surface area contributed by atoms with Crippen molar-refractivity contribution in [2.24, 2.45) is 16.2 Å². The average Bonchev–Trinajstić information content (AvgIpc) is 3.19. The topological polar surface area (TPSA) is 146 Å².